The van der Waals surface area contributed by atoms with Crippen LogP contribution in [0, 0.1) is 0 Å². The standard InChI is InChI=1S/C13H18BrN3O/c14-11-4-3-10(9-12(11)15)13(18)16-5-8-17-6-1-2-7-17/h3-4,9H,1-2,5-8,15H2,(H,16,18). The van der Waals surface area contributed by atoms with Crippen molar-refractivity contribution in [3.05, 3.63) is 28.2 Å². The Labute approximate surface area is 116 Å². The number of amides is 1. The number of rotatable bonds is 4. The number of benzene rings is 1. The fraction of sp³-hybridized carbons (Fsp3) is 0.462. The van der Waals surface area contributed by atoms with Crippen molar-refractivity contribution in [2.75, 3.05) is 31.9 Å². The largest absolute Gasteiger partial charge is 0.398 e. The van der Waals surface area contributed by atoms with Crippen LogP contribution in [0.2, 0.25) is 0 Å². The summed E-state index contributed by atoms with van der Waals surface area (Å²) in [7, 11) is 0. The highest BCUT2D eigenvalue weighted by Gasteiger charge is 2.12. The highest BCUT2D eigenvalue weighted by Crippen LogP contribution is 2.20. The molecule has 1 saturated heterocycles. The summed E-state index contributed by atoms with van der Waals surface area (Å²) < 4.78 is 0.816. The number of nitrogens with two attached hydrogens (primary N) is 1. The van der Waals surface area contributed by atoms with Crippen molar-refractivity contribution < 1.29 is 4.79 Å². The highest BCUT2D eigenvalue weighted by molar-refractivity contribution is 9.10. The minimum atomic E-state index is -0.0617. The third kappa shape index (κ3) is 3.46. The molecule has 0 spiro atoms. The normalized spacial score (nSPS) is 15.8. The number of halogens is 1. The van der Waals surface area contributed by atoms with E-state index in [0.717, 1.165) is 24.1 Å². The van der Waals surface area contributed by atoms with Crippen molar-refractivity contribution in [1.29, 1.82) is 0 Å². The molecule has 1 fully saturated rings. The van der Waals surface area contributed by atoms with Crippen LogP contribution in [0.3, 0.4) is 0 Å². The minimum Gasteiger partial charge on any atom is -0.398 e. The van der Waals surface area contributed by atoms with E-state index in [2.05, 4.69) is 26.1 Å². The Bertz CT molecular complexity index is 430. The molecule has 5 heteroatoms. The Balaban J connectivity index is 1.81. The summed E-state index contributed by atoms with van der Waals surface area (Å²) in [4.78, 5) is 14.3. The van der Waals surface area contributed by atoms with E-state index < -0.39 is 0 Å². The van der Waals surface area contributed by atoms with Crippen molar-refractivity contribution >= 4 is 27.5 Å². The zero-order chi connectivity index (χ0) is 13.0. The molecule has 1 aliphatic rings. The maximum atomic E-state index is 11.9. The van der Waals surface area contributed by atoms with Gasteiger partial charge >= 0.3 is 0 Å². The van der Waals surface area contributed by atoms with Crippen molar-refractivity contribution in [1.82, 2.24) is 10.2 Å². The molecule has 1 aromatic carbocycles. The molecule has 1 amide bonds. The van der Waals surface area contributed by atoms with Crippen LogP contribution >= 0.6 is 15.9 Å². The van der Waals surface area contributed by atoms with E-state index in [9.17, 15) is 4.79 Å². The number of carbonyl (C=O) groups is 1. The number of nitrogens with one attached hydrogen (secondary N) is 1. The lowest BCUT2D eigenvalue weighted by Gasteiger charge is -2.14. The summed E-state index contributed by atoms with van der Waals surface area (Å²) in [6, 6.07) is 5.26. The molecular weight excluding hydrogens is 294 g/mol. The van der Waals surface area contributed by atoms with Gasteiger partial charge in [0.1, 0.15) is 0 Å². The first kappa shape index (κ1) is 13.4. The Morgan fingerprint density at radius 1 is 1.39 bits per heavy atom. The molecule has 1 heterocycles. The second-order valence-corrected chi connectivity index (χ2v) is 5.40. The van der Waals surface area contributed by atoms with Crippen LogP contribution in [0.25, 0.3) is 0 Å². The third-order valence-corrected chi connectivity index (χ3v) is 3.89. The summed E-state index contributed by atoms with van der Waals surface area (Å²) in [5.41, 5.74) is 6.95. The Morgan fingerprint density at radius 2 is 2.11 bits per heavy atom. The summed E-state index contributed by atoms with van der Waals surface area (Å²) in [5, 5.41) is 2.92. The summed E-state index contributed by atoms with van der Waals surface area (Å²) >= 11 is 3.31. The number of nitrogen functional groups attached to an aromatic ring is 1. The predicted octanol–water partition coefficient (Wildman–Crippen LogP) is 1.86. The SMILES string of the molecule is Nc1cc(C(=O)NCCN2CCCC2)ccc1Br. The summed E-state index contributed by atoms with van der Waals surface area (Å²) in [5.74, 6) is -0.0617. The zero-order valence-electron chi connectivity index (χ0n) is 10.3. The molecule has 0 saturated carbocycles. The van der Waals surface area contributed by atoms with E-state index >= 15 is 0 Å². The number of nitrogens with zero attached hydrogens (tertiary/aromatic N) is 1. The number of hydrogen-bond acceptors (Lipinski definition) is 3. The lowest BCUT2D eigenvalue weighted by atomic mass is 10.2. The molecule has 0 atom stereocenters. The molecule has 0 aromatic heterocycles. The van der Waals surface area contributed by atoms with E-state index in [1.54, 1.807) is 18.2 Å². The lowest BCUT2D eigenvalue weighted by Crippen LogP contribution is -2.33. The molecule has 18 heavy (non-hydrogen) atoms. The van der Waals surface area contributed by atoms with Gasteiger partial charge in [0.15, 0.2) is 0 Å². The topological polar surface area (TPSA) is 58.4 Å². The quantitative estimate of drug-likeness (QED) is 0.834. The molecule has 3 N–H and O–H groups in total. The second-order valence-electron chi connectivity index (χ2n) is 4.54. The number of hydrogen-bond donors (Lipinski definition) is 2. The summed E-state index contributed by atoms with van der Waals surface area (Å²) in [6.07, 6.45) is 2.55. The van der Waals surface area contributed by atoms with E-state index in [1.807, 2.05) is 0 Å². The van der Waals surface area contributed by atoms with E-state index in [1.165, 1.54) is 12.8 Å². The van der Waals surface area contributed by atoms with Crippen LogP contribution in [-0.2, 0) is 0 Å². The number of likely N-dealkylation sites (tertiary alicyclic amines) is 1. The van der Waals surface area contributed by atoms with Crippen LogP contribution in [-0.4, -0.2) is 37.0 Å². The minimum absolute atomic E-state index is 0.0617. The summed E-state index contributed by atoms with van der Waals surface area (Å²) in [6.45, 7) is 3.93. The van der Waals surface area contributed by atoms with Gasteiger partial charge in [0, 0.05) is 28.8 Å². The fourth-order valence-electron chi connectivity index (χ4n) is 2.12. The van der Waals surface area contributed by atoms with Gasteiger partial charge in [-0.3, -0.25) is 4.79 Å². The third-order valence-electron chi connectivity index (χ3n) is 3.17. The van der Waals surface area contributed by atoms with Crippen molar-refractivity contribution in [3.8, 4) is 0 Å². The monoisotopic (exact) mass is 311 g/mol. The van der Waals surface area contributed by atoms with Gasteiger partial charge in [-0.1, -0.05) is 0 Å². The molecule has 0 radical (unpaired) electrons. The molecule has 1 aromatic rings. The molecule has 98 valence electrons. The fourth-order valence-corrected chi connectivity index (χ4v) is 2.37. The van der Waals surface area contributed by atoms with Crippen LogP contribution < -0.4 is 11.1 Å². The predicted molar refractivity (Wildman–Crippen MR) is 76.6 cm³/mol. The van der Waals surface area contributed by atoms with Crippen LogP contribution in [0.1, 0.15) is 23.2 Å². The number of anilines is 1. The van der Waals surface area contributed by atoms with Crippen LogP contribution in [0.15, 0.2) is 22.7 Å². The second kappa shape index (κ2) is 6.20. The molecule has 4 nitrogen and oxygen atoms in total. The lowest BCUT2D eigenvalue weighted by molar-refractivity contribution is 0.0950. The Kier molecular flexibility index (Phi) is 4.60. The van der Waals surface area contributed by atoms with Gasteiger partial charge in [-0.2, -0.15) is 0 Å². The maximum Gasteiger partial charge on any atom is 0.251 e. The first-order chi connectivity index (χ1) is 8.66. The van der Waals surface area contributed by atoms with Gasteiger partial charge in [0.2, 0.25) is 0 Å². The molecule has 0 aliphatic carbocycles. The van der Waals surface area contributed by atoms with Crippen LogP contribution in [0.4, 0.5) is 5.69 Å². The first-order valence-electron chi connectivity index (χ1n) is 6.22. The average molecular weight is 312 g/mol. The Hall–Kier alpha value is -1.07. The van der Waals surface area contributed by atoms with Gasteiger partial charge in [-0.05, 0) is 60.1 Å². The average Bonchev–Trinajstić information content (AvgIpc) is 2.85. The van der Waals surface area contributed by atoms with E-state index in [4.69, 9.17) is 5.73 Å². The molecule has 0 unspecified atom stereocenters. The number of carbonyl (C=O) groups excluding carboxylic acids is 1. The van der Waals surface area contributed by atoms with Crippen molar-refractivity contribution in [2.24, 2.45) is 0 Å². The van der Waals surface area contributed by atoms with E-state index in [-0.39, 0.29) is 5.91 Å². The van der Waals surface area contributed by atoms with Gasteiger partial charge in [-0.25, -0.2) is 0 Å². The molecular formula is C13H18BrN3O. The van der Waals surface area contributed by atoms with Gasteiger partial charge < -0.3 is 16.0 Å². The smallest absolute Gasteiger partial charge is 0.251 e. The first-order valence-corrected chi connectivity index (χ1v) is 7.02. The van der Waals surface area contributed by atoms with Crippen LogP contribution in [0.5, 0.6) is 0 Å². The van der Waals surface area contributed by atoms with E-state index in [0.29, 0.717) is 17.8 Å². The van der Waals surface area contributed by atoms with Crippen molar-refractivity contribution in [3.63, 3.8) is 0 Å². The molecule has 1 aliphatic heterocycles. The van der Waals surface area contributed by atoms with Gasteiger partial charge in [0.05, 0.1) is 0 Å². The maximum absolute atomic E-state index is 11.9. The highest BCUT2D eigenvalue weighted by atomic mass is 79.9. The Morgan fingerprint density at radius 3 is 2.78 bits per heavy atom. The molecule has 2 rings (SSSR count). The van der Waals surface area contributed by atoms with Gasteiger partial charge in [0.25, 0.3) is 5.91 Å². The van der Waals surface area contributed by atoms with Gasteiger partial charge in [-0.15, -0.1) is 0 Å². The molecule has 0 bridgehead atoms. The zero-order valence-corrected chi connectivity index (χ0v) is 11.9. The van der Waals surface area contributed by atoms with Crippen molar-refractivity contribution in [2.45, 2.75) is 12.8 Å².